The number of benzene rings is 1. The van der Waals surface area contributed by atoms with E-state index in [0.29, 0.717) is 11.3 Å². The molecule has 0 fully saturated rings. The zero-order chi connectivity index (χ0) is 15.9. The molecule has 2 rings (SSSR count). The summed E-state index contributed by atoms with van der Waals surface area (Å²) in [7, 11) is 3.32. The Kier molecular flexibility index (Phi) is 5.08. The van der Waals surface area contributed by atoms with E-state index < -0.39 is 0 Å². The molecule has 1 aromatic carbocycles. The number of nitrogens with one attached hydrogen (secondary N) is 2. The minimum atomic E-state index is -0.214. The third kappa shape index (κ3) is 4.31. The Hall–Kier alpha value is -2.89. The van der Waals surface area contributed by atoms with Crippen LogP contribution in [0.1, 0.15) is 16.1 Å². The molecule has 22 heavy (non-hydrogen) atoms. The average molecular weight is 298 g/mol. The van der Waals surface area contributed by atoms with Crippen molar-refractivity contribution in [2.24, 2.45) is 0 Å². The molecule has 0 saturated heterocycles. The van der Waals surface area contributed by atoms with Gasteiger partial charge in [-0.05, 0) is 24.3 Å². The number of amides is 3. The van der Waals surface area contributed by atoms with Crippen LogP contribution in [0.3, 0.4) is 0 Å². The summed E-state index contributed by atoms with van der Waals surface area (Å²) in [4.78, 5) is 29.2. The summed E-state index contributed by atoms with van der Waals surface area (Å²) in [5.74, 6) is -0.214. The Morgan fingerprint density at radius 3 is 2.55 bits per heavy atom. The number of para-hydroxylation sites is 1. The van der Waals surface area contributed by atoms with Gasteiger partial charge in [-0.25, -0.2) is 4.79 Å². The molecule has 2 aromatic rings. The minimum absolute atomic E-state index is 0.207. The first kappa shape index (κ1) is 15.5. The van der Waals surface area contributed by atoms with Gasteiger partial charge < -0.3 is 15.5 Å². The third-order valence-electron chi connectivity index (χ3n) is 2.94. The van der Waals surface area contributed by atoms with Crippen molar-refractivity contribution in [1.29, 1.82) is 0 Å². The lowest BCUT2D eigenvalue weighted by molar-refractivity contribution is 0.102. The topological polar surface area (TPSA) is 74.3 Å². The van der Waals surface area contributed by atoms with Crippen LogP contribution in [-0.4, -0.2) is 35.9 Å². The van der Waals surface area contributed by atoms with E-state index in [0.717, 1.165) is 5.69 Å². The first-order valence-corrected chi connectivity index (χ1v) is 6.83. The number of anilines is 1. The molecule has 114 valence electrons. The molecule has 0 aliphatic carbocycles. The van der Waals surface area contributed by atoms with Crippen LogP contribution in [0, 0.1) is 0 Å². The van der Waals surface area contributed by atoms with Crippen molar-refractivity contribution >= 4 is 17.6 Å². The quantitative estimate of drug-likeness (QED) is 0.908. The molecule has 6 nitrogen and oxygen atoms in total. The zero-order valence-electron chi connectivity index (χ0n) is 12.5. The van der Waals surface area contributed by atoms with Crippen LogP contribution in [0.5, 0.6) is 0 Å². The predicted octanol–water partition coefficient (Wildman–Crippen LogP) is 2.11. The van der Waals surface area contributed by atoms with E-state index >= 15 is 0 Å². The summed E-state index contributed by atoms with van der Waals surface area (Å²) in [5, 5.41) is 5.51. The first-order valence-electron chi connectivity index (χ1n) is 6.83. The Morgan fingerprint density at radius 2 is 1.86 bits per heavy atom. The van der Waals surface area contributed by atoms with Crippen molar-refractivity contribution in [3.8, 4) is 0 Å². The number of hydrogen-bond donors (Lipinski definition) is 2. The second kappa shape index (κ2) is 7.21. The van der Waals surface area contributed by atoms with Crippen molar-refractivity contribution in [3.05, 3.63) is 59.9 Å². The third-order valence-corrected chi connectivity index (χ3v) is 2.94. The van der Waals surface area contributed by atoms with Crippen LogP contribution in [0.4, 0.5) is 10.5 Å². The van der Waals surface area contributed by atoms with Crippen LogP contribution in [-0.2, 0) is 6.54 Å². The number of urea groups is 1. The minimum Gasteiger partial charge on any atom is -0.332 e. The highest BCUT2D eigenvalue weighted by molar-refractivity contribution is 6.04. The number of hydrogen-bond acceptors (Lipinski definition) is 3. The molecule has 0 aliphatic rings. The molecule has 3 amide bonds. The van der Waals surface area contributed by atoms with Gasteiger partial charge in [0.15, 0.2) is 0 Å². The van der Waals surface area contributed by atoms with E-state index in [2.05, 4.69) is 15.6 Å². The van der Waals surface area contributed by atoms with E-state index in [1.54, 1.807) is 32.4 Å². The van der Waals surface area contributed by atoms with Gasteiger partial charge in [-0.1, -0.05) is 18.2 Å². The summed E-state index contributed by atoms with van der Waals surface area (Å²) in [5.41, 5.74) is 1.84. The number of pyridine rings is 1. The largest absolute Gasteiger partial charge is 0.332 e. The van der Waals surface area contributed by atoms with Gasteiger partial charge in [-0.3, -0.25) is 9.78 Å². The van der Waals surface area contributed by atoms with Crippen LogP contribution < -0.4 is 10.6 Å². The Morgan fingerprint density at radius 1 is 1.14 bits per heavy atom. The molecule has 0 aliphatic heterocycles. The van der Waals surface area contributed by atoms with E-state index in [-0.39, 0.29) is 18.5 Å². The van der Waals surface area contributed by atoms with Gasteiger partial charge in [0, 0.05) is 31.5 Å². The highest BCUT2D eigenvalue weighted by Gasteiger charge is 2.08. The maximum Gasteiger partial charge on any atom is 0.317 e. The maximum absolute atomic E-state index is 12.2. The van der Waals surface area contributed by atoms with Crippen molar-refractivity contribution in [3.63, 3.8) is 0 Å². The fraction of sp³-hybridized carbons (Fsp3) is 0.188. The molecule has 0 bridgehead atoms. The van der Waals surface area contributed by atoms with Gasteiger partial charge >= 0.3 is 6.03 Å². The van der Waals surface area contributed by atoms with E-state index in [9.17, 15) is 9.59 Å². The summed E-state index contributed by atoms with van der Waals surface area (Å²) >= 11 is 0. The standard InChI is InChI=1S/C16H18N4O2/c1-20(2)16(22)18-11-14-10-12(8-9-17-14)15(21)19-13-6-4-3-5-7-13/h3-10H,11H2,1-2H3,(H,18,22)(H,19,21). The van der Waals surface area contributed by atoms with Gasteiger partial charge in [0.2, 0.25) is 0 Å². The van der Waals surface area contributed by atoms with Gasteiger partial charge in [0.1, 0.15) is 0 Å². The number of rotatable bonds is 4. The molecule has 1 aromatic heterocycles. The lowest BCUT2D eigenvalue weighted by atomic mass is 10.2. The zero-order valence-corrected chi connectivity index (χ0v) is 12.5. The molecule has 2 N–H and O–H groups in total. The number of carbonyl (C=O) groups excluding carboxylic acids is 2. The smallest absolute Gasteiger partial charge is 0.317 e. The number of aromatic nitrogens is 1. The second-order valence-electron chi connectivity index (χ2n) is 4.91. The average Bonchev–Trinajstić information content (AvgIpc) is 2.53. The molecule has 0 unspecified atom stereocenters. The fourth-order valence-corrected chi connectivity index (χ4v) is 1.77. The fourth-order valence-electron chi connectivity index (χ4n) is 1.77. The van der Waals surface area contributed by atoms with E-state index in [1.165, 1.54) is 4.90 Å². The molecular formula is C16H18N4O2. The van der Waals surface area contributed by atoms with Crippen molar-refractivity contribution in [2.45, 2.75) is 6.54 Å². The lowest BCUT2D eigenvalue weighted by Gasteiger charge is -2.12. The van der Waals surface area contributed by atoms with Gasteiger partial charge in [0.25, 0.3) is 5.91 Å². The molecule has 0 saturated carbocycles. The first-order chi connectivity index (χ1) is 10.6. The van der Waals surface area contributed by atoms with Gasteiger partial charge in [-0.2, -0.15) is 0 Å². The number of carbonyl (C=O) groups is 2. The Balaban J connectivity index is 2.01. The van der Waals surface area contributed by atoms with Gasteiger partial charge in [-0.15, -0.1) is 0 Å². The molecule has 6 heteroatoms. The van der Waals surface area contributed by atoms with Crippen LogP contribution >= 0.6 is 0 Å². The Labute approximate surface area is 129 Å². The van der Waals surface area contributed by atoms with Crippen molar-refractivity contribution in [2.75, 3.05) is 19.4 Å². The molecule has 0 radical (unpaired) electrons. The summed E-state index contributed by atoms with van der Waals surface area (Å²) in [6, 6.07) is 12.3. The SMILES string of the molecule is CN(C)C(=O)NCc1cc(C(=O)Nc2ccccc2)ccn1. The van der Waals surface area contributed by atoms with E-state index in [4.69, 9.17) is 0 Å². The lowest BCUT2D eigenvalue weighted by Crippen LogP contribution is -2.34. The monoisotopic (exact) mass is 298 g/mol. The molecule has 1 heterocycles. The molecule has 0 spiro atoms. The van der Waals surface area contributed by atoms with E-state index in [1.807, 2.05) is 30.3 Å². The van der Waals surface area contributed by atoms with Crippen LogP contribution in [0.15, 0.2) is 48.7 Å². The maximum atomic E-state index is 12.2. The number of nitrogens with zero attached hydrogens (tertiary/aromatic N) is 2. The highest BCUT2D eigenvalue weighted by atomic mass is 16.2. The summed E-state index contributed by atoms with van der Waals surface area (Å²) in [6.45, 7) is 0.267. The van der Waals surface area contributed by atoms with Gasteiger partial charge in [0.05, 0.1) is 12.2 Å². The predicted molar refractivity (Wildman–Crippen MR) is 84.6 cm³/mol. The highest BCUT2D eigenvalue weighted by Crippen LogP contribution is 2.09. The Bertz CT molecular complexity index is 656. The normalized spacial score (nSPS) is 9.91. The summed E-state index contributed by atoms with van der Waals surface area (Å²) < 4.78 is 0. The molecule has 0 atom stereocenters. The van der Waals surface area contributed by atoms with Crippen LogP contribution in [0.2, 0.25) is 0 Å². The second-order valence-corrected chi connectivity index (χ2v) is 4.91. The summed E-state index contributed by atoms with van der Waals surface area (Å²) in [6.07, 6.45) is 1.55. The van der Waals surface area contributed by atoms with Crippen molar-refractivity contribution in [1.82, 2.24) is 15.2 Å². The van der Waals surface area contributed by atoms with Crippen LogP contribution in [0.25, 0.3) is 0 Å². The van der Waals surface area contributed by atoms with Crippen molar-refractivity contribution < 1.29 is 9.59 Å². The molecular weight excluding hydrogens is 280 g/mol.